The molecular weight excluding hydrogens is 304 g/mol. The van der Waals surface area contributed by atoms with E-state index in [2.05, 4.69) is 15.3 Å². The number of hydrogen-bond acceptors (Lipinski definition) is 6. The first-order chi connectivity index (χ1) is 10.5. The highest BCUT2D eigenvalue weighted by Gasteiger charge is 2.25. The monoisotopic (exact) mass is 322 g/mol. The Hall–Kier alpha value is -2.00. The van der Waals surface area contributed by atoms with Gasteiger partial charge in [-0.1, -0.05) is 5.21 Å². The van der Waals surface area contributed by atoms with Crippen molar-refractivity contribution in [2.24, 2.45) is 11.1 Å². The van der Waals surface area contributed by atoms with E-state index in [9.17, 15) is 8.42 Å². The molecule has 0 saturated carbocycles. The zero-order valence-electron chi connectivity index (χ0n) is 12.0. The van der Waals surface area contributed by atoms with Gasteiger partial charge in [0.1, 0.15) is 10.7 Å². The molecule has 9 heteroatoms. The Morgan fingerprint density at radius 2 is 2.23 bits per heavy atom. The molecule has 0 aromatic carbocycles. The van der Waals surface area contributed by atoms with Crippen molar-refractivity contribution in [3.8, 4) is 0 Å². The fourth-order valence-corrected chi connectivity index (χ4v) is 3.55. The molecule has 1 aliphatic rings. The molecule has 0 aliphatic carbocycles. The zero-order valence-corrected chi connectivity index (χ0v) is 12.9. The predicted molar refractivity (Wildman–Crippen MR) is 80.6 cm³/mol. The van der Waals surface area contributed by atoms with Gasteiger partial charge in [-0.3, -0.25) is 4.68 Å². The summed E-state index contributed by atoms with van der Waals surface area (Å²) in [5.74, 6) is 0.805. The summed E-state index contributed by atoms with van der Waals surface area (Å²) in [5.41, 5.74) is 0. The molecule has 22 heavy (non-hydrogen) atoms. The molecule has 1 aliphatic heterocycles. The van der Waals surface area contributed by atoms with Crippen LogP contribution in [0.1, 0.15) is 12.8 Å². The molecule has 1 fully saturated rings. The maximum absolute atomic E-state index is 11.7. The molecule has 0 bridgehead atoms. The number of aromatic nitrogens is 4. The van der Waals surface area contributed by atoms with Crippen LogP contribution < -0.4 is 10.0 Å². The maximum Gasteiger partial charge on any atom is 0.241 e. The molecule has 8 nitrogen and oxygen atoms in total. The van der Waals surface area contributed by atoms with Gasteiger partial charge >= 0.3 is 0 Å². The van der Waals surface area contributed by atoms with Gasteiger partial charge in [-0.05, 0) is 30.9 Å². The fraction of sp³-hybridized carbons (Fsp3) is 0.462. The molecule has 1 saturated heterocycles. The van der Waals surface area contributed by atoms with E-state index in [0.717, 1.165) is 32.5 Å². The number of rotatable bonds is 4. The Kier molecular flexibility index (Phi) is 4.08. The lowest BCUT2D eigenvalue weighted by molar-refractivity contribution is 0.346. The largest absolute Gasteiger partial charge is 0.355 e. The van der Waals surface area contributed by atoms with E-state index in [1.165, 1.54) is 6.07 Å². The second-order valence-electron chi connectivity index (χ2n) is 5.45. The van der Waals surface area contributed by atoms with E-state index in [4.69, 9.17) is 5.14 Å². The number of pyridine rings is 1. The average Bonchev–Trinajstić information content (AvgIpc) is 3.00. The first-order valence-electron chi connectivity index (χ1n) is 7.11. The summed E-state index contributed by atoms with van der Waals surface area (Å²) in [5, 5.41) is 13.1. The van der Waals surface area contributed by atoms with Crippen LogP contribution in [0.25, 0.3) is 0 Å². The van der Waals surface area contributed by atoms with Crippen LogP contribution in [0.15, 0.2) is 35.6 Å². The van der Waals surface area contributed by atoms with Crippen molar-refractivity contribution in [2.45, 2.75) is 24.3 Å². The summed E-state index contributed by atoms with van der Waals surface area (Å²) < 4.78 is 25.2. The summed E-state index contributed by atoms with van der Waals surface area (Å²) >= 11 is 0. The smallest absolute Gasteiger partial charge is 0.241 e. The number of nitrogens with two attached hydrogens (primary N) is 1. The molecule has 0 amide bonds. The van der Waals surface area contributed by atoms with Gasteiger partial charge in [0.05, 0.1) is 6.20 Å². The maximum atomic E-state index is 11.7. The van der Waals surface area contributed by atoms with E-state index in [-0.39, 0.29) is 4.90 Å². The van der Waals surface area contributed by atoms with Gasteiger partial charge < -0.3 is 4.90 Å². The highest BCUT2D eigenvalue weighted by Crippen LogP contribution is 2.27. The summed E-state index contributed by atoms with van der Waals surface area (Å²) in [6.45, 7) is 2.25. The first kappa shape index (κ1) is 14.9. The van der Waals surface area contributed by atoms with Gasteiger partial charge in [0.15, 0.2) is 0 Å². The van der Waals surface area contributed by atoms with Gasteiger partial charge in [0.2, 0.25) is 10.0 Å². The SMILES string of the molecule is NS(=O)(=O)c1cccnc1N1CCCC(Cn2ccnn2)C1. The van der Waals surface area contributed by atoms with Crippen LogP contribution in [0, 0.1) is 5.92 Å². The van der Waals surface area contributed by atoms with E-state index in [1.807, 2.05) is 11.1 Å². The van der Waals surface area contributed by atoms with Crippen molar-refractivity contribution >= 4 is 15.8 Å². The molecule has 0 spiro atoms. The number of primary sulfonamides is 1. The quantitative estimate of drug-likeness (QED) is 0.864. The standard InChI is InChI=1S/C13H18N6O2S/c14-22(20,21)12-4-1-5-15-13(12)18-7-2-3-11(9-18)10-19-8-6-16-17-19/h1,4-6,8,11H,2-3,7,9-10H2,(H2,14,20,21). The lowest BCUT2D eigenvalue weighted by Crippen LogP contribution is -2.38. The highest BCUT2D eigenvalue weighted by atomic mass is 32.2. The van der Waals surface area contributed by atoms with Gasteiger partial charge in [-0.15, -0.1) is 5.10 Å². The van der Waals surface area contributed by atoms with Crippen molar-refractivity contribution in [3.05, 3.63) is 30.7 Å². The van der Waals surface area contributed by atoms with Crippen LogP contribution in [0.5, 0.6) is 0 Å². The third-order valence-electron chi connectivity index (χ3n) is 3.79. The number of piperidine rings is 1. The molecule has 2 N–H and O–H groups in total. The van der Waals surface area contributed by atoms with E-state index >= 15 is 0 Å². The van der Waals surface area contributed by atoms with E-state index in [0.29, 0.717) is 11.7 Å². The fourth-order valence-electron chi connectivity index (χ4n) is 2.84. The van der Waals surface area contributed by atoms with E-state index < -0.39 is 10.0 Å². The van der Waals surface area contributed by atoms with Crippen molar-refractivity contribution in [1.29, 1.82) is 0 Å². The number of hydrogen-bond donors (Lipinski definition) is 1. The minimum absolute atomic E-state index is 0.0800. The molecule has 2 aromatic heterocycles. The van der Waals surface area contributed by atoms with Crippen LogP contribution >= 0.6 is 0 Å². The second-order valence-corrected chi connectivity index (χ2v) is 6.98. The lowest BCUT2D eigenvalue weighted by Gasteiger charge is -2.34. The topological polar surface area (TPSA) is 107 Å². The van der Waals surface area contributed by atoms with Crippen LogP contribution in [-0.2, 0) is 16.6 Å². The minimum atomic E-state index is -3.78. The Balaban J connectivity index is 1.80. The van der Waals surface area contributed by atoms with Gasteiger partial charge in [-0.25, -0.2) is 18.5 Å². The third kappa shape index (κ3) is 3.25. The minimum Gasteiger partial charge on any atom is -0.355 e. The first-order valence-corrected chi connectivity index (χ1v) is 8.65. The van der Waals surface area contributed by atoms with Crippen molar-refractivity contribution < 1.29 is 8.42 Å². The second kappa shape index (κ2) is 6.01. The Bertz CT molecular complexity index is 731. The van der Waals surface area contributed by atoms with Crippen molar-refractivity contribution in [2.75, 3.05) is 18.0 Å². The summed E-state index contributed by atoms with van der Waals surface area (Å²) in [6, 6.07) is 3.08. The average molecular weight is 322 g/mol. The number of nitrogens with zero attached hydrogens (tertiary/aromatic N) is 5. The highest BCUT2D eigenvalue weighted by molar-refractivity contribution is 7.89. The molecular formula is C13H18N6O2S. The van der Waals surface area contributed by atoms with Crippen molar-refractivity contribution in [3.63, 3.8) is 0 Å². The Labute approximate surface area is 129 Å². The molecule has 1 atom stereocenters. The van der Waals surface area contributed by atoms with Crippen LogP contribution in [0.2, 0.25) is 0 Å². The molecule has 2 aromatic rings. The lowest BCUT2D eigenvalue weighted by atomic mass is 9.98. The third-order valence-corrected chi connectivity index (χ3v) is 4.72. The Morgan fingerprint density at radius 1 is 1.36 bits per heavy atom. The van der Waals surface area contributed by atoms with Gasteiger partial charge in [0.25, 0.3) is 0 Å². The molecule has 3 heterocycles. The Morgan fingerprint density at radius 3 is 2.95 bits per heavy atom. The van der Waals surface area contributed by atoms with Gasteiger partial charge in [0, 0.05) is 32.0 Å². The van der Waals surface area contributed by atoms with Crippen LogP contribution in [0.3, 0.4) is 0 Å². The number of anilines is 1. The van der Waals surface area contributed by atoms with Gasteiger partial charge in [-0.2, -0.15) is 0 Å². The van der Waals surface area contributed by atoms with Crippen molar-refractivity contribution in [1.82, 2.24) is 20.0 Å². The molecule has 118 valence electrons. The zero-order chi connectivity index (χ0) is 15.6. The summed E-state index contributed by atoms with van der Waals surface area (Å²) in [7, 11) is -3.78. The molecule has 3 rings (SSSR count). The summed E-state index contributed by atoms with van der Waals surface area (Å²) in [4.78, 5) is 6.30. The summed E-state index contributed by atoms with van der Waals surface area (Å²) in [6.07, 6.45) is 7.10. The van der Waals surface area contributed by atoms with Crippen LogP contribution in [-0.4, -0.2) is 41.5 Å². The van der Waals surface area contributed by atoms with E-state index in [1.54, 1.807) is 23.1 Å². The number of sulfonamides is 1. The normalized spacial score (nSPS) is 19.3. The van der Waals surface area contributed by atoms with Crippen LogP contribution in [0.4, 0.5) is 5.82 Å². The predicted octanol–water partition coefficient (Wildman–Crippen LogP) is 0.237. The molecule has 1 unspecified atom stereocenters. The molecule has 0 radical (unpaired) electrons.